The van der Waals surface area contributed by atoms with Crippen molar-refractivity contribution in [2.24, 2.45) is 0 Å². The number of benzene rings is 2. The van der Waals surface area contributed by atoms with Crippen molar-refractivity contribution < 1.29 is 4.79 Å². The van der Waals surface area contributed by atoms with Crippen LogP contribution in [-0.4, -0.2) is 10.6 Å². The van der Waals surface area contributed by atoms with E-state index in [1.54, 1.807) is 48.5 Å². The van der Waals surface area contributed by atoms with Gasteiger partial charge in [-0.3, -0.25) is 4.79 Å². The first kappa shape index (κ1) is 13.2. The molecule has 2 rings (SSSR count). The summed E-state index contributed by atoms with van der Waals surface area (Å²) in [6, 6.07) is 13.5. The van der Waals surface area contributed by atoms with E-state index < -0.39 is 0 Å². The summed E-state index contributed by atoms with van der Waals surface area (Å²) in [4.78, 5) is 12.4. The van der Waals surface area contributed by atoms with Crippen LogP contribution in [0.5, 0.6) is 0 Å². The highest BCUT2D eigenvalue weighted by molar-refractivity contribution is 7.82. The summed E-state index contributed by atoms with van der Waals surface area (Å²) >= 11 is 16.7. The molecule has 0 spiro atoms. The second-order valence-electron chi connectivity index (χ2n) is 3.67. The Bertz CT molecular complexity index is 533. The second kappa shape index (κ2) is 5.61. The molecule has 0 aliphatic rings. The smallest absolute Gasteiger partial charge is 0.204 e. The molecule has 1 nitrogen and oxygen atoms in total. The predicted molar refractivity (Wildman–Crippen MR) is 78.9 cm³/mol. The predicted octanol–water partition coefficient (Wildman–Crippen LogP) is 4.59. The van der Waals surface area contributed by atoms with Gasteiger partial charge in [0.25, 0.3) is 0 Å². The molecular weight excluding hydrogens is 287 g/mol. The maximum Gasteiger partial charge on any atom is 0.204 e. The van der Waals surface area contributed by atoms with Gasteiger partial charge >= 0.3 is 0 Å². The Hall–Kier alpha value is -1.22. The molecule has 0 aliphatic carbocycles. The summed E-state index contributed by atoms with van der Waals surface area (Å²) in [5, 5.41) is 1.20. The van der Waals surface area contributed by atoms with Gasteiger partial charge in [-0.2, -0.15) is 0 Å². The molecule has 90 valence electrons. The highest BCUT2D eigenvalue weighted by Crippen LogP contribution is 2.15. The quantitative estimate of drug-likeness (QED) is 0.608. The molecule has 0 atom stereocenters. The highest BCUT2D eigenvalue weighted by Gasteiger charge is 2.13. The van der Waals surface area contributed by atoms with Crippen molar-refractivity contribution in [3.05, 3.63) is 69.7 Å². The molecule has 2 aromatic carbocycles. The number of carbonyl (C=O) groups is 1. The first-order valence-corrected chi connectivity index (χ1v) is 6.34. The lowest BCUT2D eigenvalue weighted by Gasteiger charge is -2.04. The van der Waals surface area contributed by atoms with Crippen molar-refractivity contribution in [2.75, 3.05) is 0 Å². The lowest BCUT2D eigenvalue weighted by atomic mass is 10.0. The zero-order valence-electron chi connectivity index (χ0n) is 9.19. The summed E-state index contributed by atoms with van der Waals surface area (Å²) in [7, 11) is 0. The number of carbonyl (C=O) groups excluding carboxylic acids is 1. The average molecular weight is 295 g/mol. The van der Waals surface area contributed by atoms with E-state index in [1.165, 1.54) is 0 Å². The van der Waals surface area contributed by atoms with Crippen molar-refractivity contribution in [1.29, 1.82) is 0 Å². The lowest BCUT2D eigenvalue weighted by molar-refractivity contribution is 0.106. The number of hydrogen-bond acceptors (Lipinski definition) is 2. The third-order valence-corrected chi connectivity index (χ3v) is 3.34. The summed E-state index contributed by atoms with van der Waals surface area (Å²) in [6.45, 7) is 0. The molecule has 0 bridgehead atoms. The molecule has 0 aliphatic heterocycles. The van der Waals surface area contributed by atoms with Crippen LogP contribution in [-0.2, 0) is 0 Å². The van der Waals surface area contributed by atoms with E-state index in [4.69, 9.17) is 35.4 Å². The normalized spacial score (nSPS) is 10.1. The van der Waals surface area contributed by atoms with E-state index in [-0.39, 0.29) is 10.6 Å². The van der Waals surface area contributed by atoms with Gasteiger partial charge in [0.2, 0.25) is 5.78 Å². The maximum atomic E-state index is 12.1. The summed E-state index contributed by atoms with van der Waals surface area (Å²) < 4.78 is 0. The maximum absolute atomic E-state index is 12.1. The number of hydrogen-bond donors (Lipinski definition) is 0. The molecule has 0 saturated carbocycles. The van der Waals surface area contributed by atoms with Crippen molar-refractivity contribution >= 4 is 46.1 Å². The first-order valence-electron chi connectivity index (χ1n) is 5.18. The number of halogens is 2. The van der Waals surface area contributed by atoms with Gasteiger partial charge in [-0.05, 0) is 42.0 Å². The van der Waals surface area contributed by atoms with Gasteiger partial charge in [-0.25, -0.2) is 0 Å². The van der Waals surface area contributed by atoms with Crippen LogP contribution < -0.4 is 0 Å². The van der Waals surface area contributed by atoms with Crippen LogP contribution in [0.1, 0.15) is 15.9 Å². The Labute approximate surface area is 120 Å². The molecule has 0 fully saturated rings. The molecule has 2 aromatic rings. The van der Waals surface area contributed by atoms with E-state index >= 15 is 0 Å². The fraction of sp³-hybridized carbons (Fsp3) is 0. The van der Waals surface area contributed by atoms with Crippen molar-refractivity contribution in [3.63, 3.8) is 0 Å². The summed E-state index contributed by atoms with van der Waals surface area (Å²) in [5.41, 5.74) is 1.22. The van der Waals surface area contributed by atoms with E-state index in [0.29, 0.717) is 21.2 Å². The Kier molecular flexibility index (Phi) is 4.12. The van der Waals surface area contributed by atoms with Gasteiger partial charge in [-0.1, -0.05) is 47.6 Å². The van der Waals surface area contributed by atoms with Crippen LogP contribution in [0.25, 0.3) is 0 Å². The fourth-order valence-electron chi connectivity index (χ4n) is 1.46. The number of rotatable bonds is 3. The fourth-order valence-corrected chi connectivity index (χ4v) is 1.97. The number of thiocarbonyl (C=S) groups is 1. The van der Waals surface area contributed by atoms with Crippen LogP contribution in [0, 0.1) is 0 Å². The Morgan fingerprint density at radius 2 is 1.17 bits per heavy atom. The Morgan fingerprint density at radius 3 is 1.61 bits per heavy atom. The molecule has 0 amide bonds. The summed E-state index contributed by atoms with van der Waals surface area (Å²) in [5.74, 6) is -0.191. The zero-order chi connectivity index (χ0) is 13.1. The lowest BCUT2D eigenvalue weighted by Crippen LogP contribution is -2.12. The zero-order valence-corrected chi connectivity index (χ0v) is 11.5. The monoisotopic (exact) mass is 294 g/mol. The topological polar surface area (TPSA) is 17.1 Å². The van der Waals surface area contributed by atoms with Crippen LogP contribution in [0.3, 0.4) is 0 Å². The van der Waals surface area contributed by atoms with E-state index in [2.05, 4.69) is 0 Å². The van der Waals surface area contributed by atoms with Gasteiger partial charge < -0.3 is 0 Å². The minimum absolute atomic E-state index is 0.191. The van der Waals surface area contributed by atoms with Gasteiger partial charge in [0.05, 0.1) is 4.86 Å². The van der Waals surface area contributed by atoms with Gasteiger partial charge in [-0.15, -0.1) is 0 Å². The summed E-state index contributed by atoms with van der Waals surface area (Å²) in [6.07, 6.45) is 0. The minimum atomic E-state index is -0.191. The average Bonchev–Trinajstić information content (AvgIpc) is 2.39. The van der Waals surface area contributed by atoms with Crippen LogP contribution in [0.4, 0.5) is 0 Å². The molecule has 0 radical (unpaired) electrons. The Morgan fingerprint density at radius 1 is 0.778 bits per heavy atom. The number of ketones is 1. The van der Waals surface area contributed by atoms with Gasteiger partial charge in [0, 0.05) is 15.6 Å². The highest BCUT2D eigenvalue weighted by atomic mass is 35.5. The molecule has 0 saturated heterocycles. The molecule has 18 heavy (non-hydrogen) atoms. The number of Topliss-reactive ketones (excluding diaryl/α,β-unsaturated/α-hetero) is 1. The molecule has 0 unspecified atom stereocenters. The molecular formula is C14H8Cl2OS. The molecule has 0 N–H and O–H groups in total. The third kappa shape index (κ3) is 2.96. The van der Waals surface area contributed by atoms with Gasteiger partial charge in [0.1, 0.15) is 0 Å². The first-order chi connectivity index (χ1) is 8.58. The van der Waals surface area contributed by atoms with Crippen LogP contribution in [0.15, 0.2) is 48.5 Å². The van der Waals surface area contributed by atoms with Crippen molar-refractivity contribution in [2.45, 2.75) is 0 Å². The van der Waals surface area contributed by atoms with Crippen molar-refractivity contribution in [1.82, 2.24) is 0 Å². The van der Waals surface area contributed by atoms with Crippen LogP contribution >= 0.6 is 35.4 Å². The largest absolute Gasteiger partial charge is 0.288 e. The molecule has 0 aromatic heterocycles. The van der Waals surface area contributed by atoms with E-state index in [0.717, 1.165) is 0 Å². The van der Waals surface area contributed by atoms with Gasteiger partial charge in [0.15, 0.2) is 0 Å². The van der Waals surface area contributed by atoms with E-state index in [9.17, 15) is 4.79 Å². The minimum Gasteiger partial charge on any atom is -0.288 e. The van der Waals surface area contributed by atoms with Crippen LogP contribution in [0.2, 0.25) is 10.0 Å². The SMILES string of the molecule is O=C(C(=S)c1ccc(Cl)cc1)c1ccc(Cl)cc1. The van der Waals surface area contributed by atoms with E-state index in [1.807, 2.05) is 0 Å². The van der Waals surface area contributed by atoms with Crippen molar-refractivity contribution in [3.8, 4) is 0 Å². The second-order valence-corrected chi connectivity index (χ2v) is 4.95. The standard InChI is InChI=1S/C14H8Cl2OS/c15-11-5-1-9(2-6-11)13(17)14(18)10-3-7-12(16)8-4-10/h1-8H. The molecule has 4 heteroatoms. The Balaban J connectivity index is 2.26. The third-order valence-electron chi connectivity index (χ3n) is 2.42. The molecule has 0 heterocycles.